The first-order valence-corrected chi connectivity index (χ1v) is 4.37. The van der Waals surface area contributed by atoms with Gasteiger partial charge < -0.3 is 10.2 Å². The third-order valence-corrected chi connectivity index (χ3v) is 2.53. The van der Waals surface area contributed by atoms with Crippen LogP contribution in [0.5, 0.6) is 5.75 Å². The van der Waals surface area contributed by atoms with Gasteiger partial charge in [0.15, 0.2) is 0 Å². The lowest BCUT2D eigenvalue weighted by Gasteiger charge is -2.10. The predicted molar refractivity (Wildman–Crippen MR) is 51.0 cm³/mol. The molecule has 0 saturated carbocycles. The first kappa shape index (κ1) is 9.55. The van der Waals surface area contributed by atoms with Gasteiger partial charge in [0.25, 0.3) is 0 Å². The smallest absolute Gasteiger partial charge is 0.130 e. The van der Waals surface area contributed by atoms with Crippen molar-refractivity contribution in [3.63, 3.8) is 0 Å². The van der Waals surface area contributed by atoms with Crippen LogP contribution in [0.1, 0.15) is 11.5 Å². The molecule has 0 heterocycles. The molecule has 2 N–H and O–H groups in total. The van der Waals surface area contributed by atoms with Gasteiger partial charge in [0.2, 0.25) is 0 Å². The van der Waals surface area contributed by atoms with E-state index in [-0.39, 0.29) is 18.3 Å². The minimum absolute atomic E-state index is 0.0257. The van der Waals surface area contributed by atoms with Gasteiger partial charge in [-0.2, -0.15) is 0 Å². The van der Waals surface area contributed by atoms with Crippen LogP contribution in [0.15, 0.2) is 22.7 Å². The molecule has 1 unspecified atom stereocenters. The van der Waals surface area contributed by atoms with Crippen molar-refractivity contribution in [1.82, 2.24) is 0 Å². The second kappa shape index (κ2) is 3.92. The molecule has 1 atom stereocenters. The Morgan fingerprint density at radius 2 is 2.17 bits per heavy atom. The van der Waals surface area contributed by atoms with Crippen LogP contribution < -0.4 is 0 Å². The first-order valence-electron chi connectivity index (χ1n) is 3.58. The Balaban J connectivity index is 3.07. The van der Waals surface area contributed by atoms with E-state index < -0.39 is 0 Å². The van der Waals surface area contributed by atoms with E-state index in [4.69, 9.17) is 5.11 Å². The highest BCUT2D eigenvalue weighted by Crippen LogP contribution is 2.31. The Morgan fingerprint density at radius 1 is 1.50 bits per heavy atom. The summed E-state index contributed by atoms with van der Waals surface area (Å²) in [5.74, 6) is -0.0268. The summed E-state index contributed by atoms with van der Waals surface area (Å²) in [6.45, 7) is 3.71. The Bertz CT molecular complexity index is 273. The van der Waals surface area contributed by atoms with Gasteiger partial charge in [0.05, 0.1) is 4.47 Å². The van der Waals surface area contributed by atoms with E-state index in [1.807, 2.05) is 6.07 Å². The average molecular weight is 230 g/mol. The van der Waals surface area contributed by atoms with Gasteiger partial charge in [-0.3, -0.25) is 0 Å². The normalized spacial score (nSPS) is 12.9. The van der Waals surface area contributed by atoms with Gasteiger partial charge in [-0.15, -0.1) is 0 Å². The van der Waals surface area contributed by atoms with Crippen molar-refractivity contribution in [2.75, 3.05) is 6.61 Å². The van der Waals surface area contributed by atoms with Gasteiger partial charge in [-0.25, -0.2) is 0 Å². The molecule has 0 bridgehead atoms. The van der Waals surface area contributed by atoms with E-state index in [0.29, 0.717) is 4.47 Å². The highest BCUT2D eigenvalue weighted by molar-refractivity contribution is 9.10. The molecule has 0 fully saturated rings. The summed E-state index contributed by atoms with van der Waals surface area (Å²) >= 11 is 3.22. The molecule has 3 heteroatoms. The minimum atomic E-state index is -0.202. The molecule has 0 aliphatic heterocycles. The van der Waals surface area contributed by atoms with Crippen molar-refractivity contribution < 1.29 is 10.2 Å². The van der Waals surface area contributed by atoms with Crippen molar-refractivity contribution in [2.45, 2.75) is 5.92 Å². The van der Waals surface area contributed by atoms with Crippen LogP contribution in [-0.2, 0) is 0 Å². The number of aliphatic hydroxyl groups excluding tert-OH is 1. The van der Waals surface area contributed by atoms with Gasteiger partial charge >= 0.3 is 0 Å². The number of halogens is 1. The standard InChI is InChI=1S/C9H10BrO2/c1-6(5-11)7-3-2-4-8(12)9(7)10/h2-4,6,11-12H,1,5H2. The fraction of sp³-hybridized carbons (Fsp3) is 0.222. The molecular formula is C9H10BrO2. The lowest BCUT2D eigenvalue weighted by atomic mass is 10.0. The van der Waals surface area contributed by atoms with Crippen molar-refractivity contribution in [2.24, 2.45) is 0 Å². The third kappa shape index (κ3) is 1.79. The van der Waals surface area contributed by atoms with Crippen molar-refractivity contribution in [1.29, 1.82) is 0 Å². The second-order valence-corrected chi connectivity index (χ2v) is 3.35. The molecule has 0 spiro atoms. The molecule has 1 aromatic rings. The molecule has 1 radical (unpaired) electrons. The molecule has 1 rings (SSSR count). The Labute approximate surface area is 80.0 Å². The fourth-order valence-corrected chi connectivity index (χ4v) is 1.54. The Kier molecular flexibility index (Phi) is 3.12. The molecular weight excluding hydrogens is 220 g/mol. The predicted octanol–water partition coefficient (Wildman–Crippen LogP) is 2.06. The summed E-state index contributed by atoms with van der Waals surface area (Å²) < 4.78 is 0.610. The molecule has 0 saturated heterocycles. The van der Waals surface area contributed by atoms with Crippen LogP contribution in [0, 0.1) is 6.92 Å². The van der Waals surface area contributed by atoms with Crippen LogP contribution in [0.2, 0.25) is 0 Å². The maximum atomic E-state index is 9.29. The molecule has 0 aliphatic rings. The number of rotatable bonds is 2. The molecule has 0 aromatic heterocycles. The number of phenols is 1. The molecule has 0 amide bonds. The van der Waals surface area contributed by atoms with Crippen molar-refractivity contribution in [3.05, 3.63) is 35.2 Å². The topological polar surface area (TPSA) is 40.5 Å². The fourth-order valence-electron chi connectivity index (χ4n) is 0.951. The van der Waals surface area contributed by atoms with Crippen LogP contribution in [-0.4, -0.2) is 16.8 Å². The number of aromatic hydroxyl groups is 1. The monoisotopic (exact) mass is 229 g/mol. The number of hydrogen-bond acceptors (Lipinski definition) is 2. The molecule has 0 aliphatic carbocycles. The molecule has 12 heavy (non-hydrogen) atoms. The Hall–Kier alpha value is -0.540. The van der Waals surface area contributed by atoms with Crippen LogP contribution in [0.3, 0.4) is 0 Å². The lowest BCUT2D eigenvalue weighted by molar-refractivity contribution is 0.282. The summed E-state index contributed by atoms with van der Waals surface area (Å²) in [7, 11) is 0. The van der Waals surface area contributed by atoms with Gasteiger partial charge in [0.1, 0.15) is 5.75 Å². The number of aliphatic hydroxyl groups is 1. The summed E-state index contributed by atoms with van der Waals surface area (Å²) in [5, 5.41) is 18.1. The zero-order valence-corrected chi connectivity index (χ0v) is 8.08. The van der Waals surface area contributed by atoms with E-state index in [2.05, 4.69) is 22.9 Å². The third-order valence-electron chi connectivity index (χ3n) is 1.67. The van der Waals surface area contributed by atoms with Crippen LogP contribution in [0.4, 0.5) is 0 Å². The number of hydrogen-bond donors (Lipinski definition) is 2. The summed E-state index contributed by atoms with van der Waals surface area (Å²) in [6, 6.07) is 5.12. The Morgan fingerprint density at radius 3 is 2.75 bits per heavy atom. The average Bonchev–Trinajstić information content (AvgIpc) is 2.08. The van der Waals surface area contributed by atoms with E-state index in [0.717, 1.165) is 5.56 Å². The maximum Gasteiger partial charge on any atom is 0.130 e. The molecule has 65 valence electrons. The van der Waals surface area contributed by atoms with Gasteiger partial charge in [-0.05, 0) is 34.5 Å². The highest BCUT2D eigenvalue weighted by Gasteiger charge is 2.10. The zero-order valence-electron chi connectivity index (χ0n) is 6.50. The number of benzene rings is 1. The lowest BCUT2D eigenvalue weighted by Crippen LogP contribution is -1.99. The van der Waals surface area contributed by atoms with Crippen LogP contribution >= 0.6 is 15.9 Å². The number of phenolic OH excluding ortho intramolecular Hbond substituents is 1. The van der Waals surface area contributed by atoms with E-state index in [9.17, 15) is 5.11 Å². The van der Waals surface area contributed by atoms with Crippen LogP contribution in [0.25, 0.3) is 0 Å². The summed E-state index contributed by atoms with van der Waals surface area (Å²) in [6.07, 6.45) is 0. The highest BCUT2D eigenvalue weighted by atomic mass is 79.9. The van der Waals surface area contributed by atoms with E-state index in [1.54, 1.807) is 12.1 Å². The van der Waals surface area contributed by atoms with Crippen molar-refractivity contribution in [3.8, 4) is 5.75 Å². The van der Waals surface area contributed by atoms with E-state index in [1.165, 1.54) is 0 Å². The molecule has 2 nitrogen and oxygen atoms in total. The van der Waals surface area contributed by atoms with E-state index >= 15 is 0 Å². The maximum absolute atomic E-state index is 9.29. The first-order chi connectivity index (χ1) is 5.66. The summed E-state index contributed by atoms with van der Waals surface area (Å²) in [5.41, 5.74) is 0.817. The SMILES string of the molecule is [CH2]C(CO)c1cccc(O)c1Br. The second-order valence-electron chi connectivity index (χ2n) is 2.56. The summed E-state index contributed by atoms with van der Waals surface area (Å²) in [4.78, 5) is 0. The van der Waals surface area contributed by atoms with Gasteiger partial charge in [-0.1, -0.05) is 12.1 Å². The van der Waals surface area contributed by atoms with Crippen molar-refractivity contribution >= 4 is 15.9 Å². The quantitative estimate of drug-likeness (QED) is 0.816. The molecule has 1 aromatic carbocycles. The minimum Gasteiger partial charge on any atom is -0.507 e. The van der Waals surface area contributed by atoms with Gasteiger partial charge in [0, 0.05) is 12.5 Å². The largest absolute Gasteiger partial charge is 0.507 e. The zero-order chi connectivity index (χ0) is 9.14.